The van der Waals surface area contributed by atoms with Gasteiger partial charge in [-0.2, -0.15) is 0 Å². The van der Waals surface area contributed by atoms with Gasteiger partial charge in [0.15, 0.2) is 0 Å². The number of aromatic nitrogens is 1. The smallest absolute Gasteiger partial charge is 0.224 e. The van der Waals surface area contributed by atoms with Crippen LogP contribution in [0.15, 0.2) is 60.1 Å². The monoisotopic (exact) mass is 352 g/mol. The quantitative estimate of drug-likeness (QED) is 0.697. The fraction of sp³-hybridized carbons (Fsp3) is 0.200. The van der Waals surface area contributed by atoms with E-state index in [4.69, 9.17) is 4.74 Å². The van der Waals surface area contributed by atoms with Crippen LogP contribution in [0.2, 0.25) is 0 Å². The zero-order valence-electron chi connectivity index (χ0n) is 14.1. The molecule has 0 bridgehead atoms. The highest BCUT2D eigenvalue weighted by atomic mass is 32.1. The van der Waals surface area contributed by atoms with Crippen molar-refractivity contribution in [3.63, 3.8) is 0 Å². The van der Waals surface area contributed by atoms with Gasteiger partial charge in [-0.15, -0.1) is 11.3 Å². The minimum Gasteiger partial charge on any atom is -0.494 e. The van der Waals surface area contributed by atoms with E-state index in [0.717, 1.165) is 27.4 Å². The van der Waals surface area contributed by atoms with Gasteiger partial charge in [-0.3, -0.25) is 9.78 Å². The predicted molar refractivity (Wildman–Crippen MR) is 101 cm³/mol. The van der Waals surface area contributed by atoms with E-state index in [-0.39, 0.29) is 5.91 Å². The molecule has 0 fully saturated rings. The molecule has 25 heavy (non-hydrogen) atoms. The summed E-state index contributed by atoms with van der Waals surface area (Å²) in [4.78, 5) is 17.8. The topological polar surface area (TPSA) is 51.2 Å². The number of carbonyl (C=O) groups is 1. The van der Waals surface area contributed by atoms with E-state index in [1.807, 2.05) is 60.8 Å². The van der Waals surface area contributed by atoms with Crippen molar-refractivity contribution in [2.75, 3.05) is 6.61 Å². The molecule has 5 heteroatoms. The molecular weight excluding hydrogens is 332 g/mol. The van der Waals surface area contributed by atoms with Gasteiger partial charge < -0.3 is 10.1 Å². The summed E-state index contributed by atoms with van der Waals surface area (Å²) in [5, 5.41) is 5.01. The molecule has 3 rings (SSSR count). The molecule has 3 aromatic rings. The van der Waals surface area contributed by atoms with Crippen molar-refractivity contribution in [2.24, 2.45) is 0 Å². The third-order valence-corrected chi connectivity index (χ3v) is 4.60. The third-order valence-electron chi connectivity index (χ3n) is 3.72. The second-order valence-electron chi connectivity index (χ2n) is 5.52. The molecule has 1 N–H and O–H groups in total. The second-order valence-corrected chi connectivity index (χ2v) is 6.47. The van der Waals surface area contributed by atoms with Crippen LogP contribution in [0.25, 0.3) is 10.6 Å². The number of nitrogens with zero attached hydrogens (tertiary/aromatic N) is 1. The Kier molecular flexibility index (Phi) is 5.80. The lowest BCUT2D eigenvalue weighted by Gasteiger charge is -2.09. The Labute approximate surface area is 151 Å². The molecule has 0 aliphatic heterocycles. The summed E-state index contributed by atoms with van der Waals surface area (Å²) in [7, 11) is 0. The summed E-state index contributed by atoms with van der Waals surface area (Å²) in [6.45, 7) is 3.05. The lowest BCUT2D eigenvalue weighted by Crippen LogP contribution is -2.24. The largest absolute Gasteiger partial charge is 0.494 e. The van der Waals surface area contributed by atoms with Crippen LogP contribution in [0, 0.1) is 0 Å². The normalized spacial score (nSPS) is 10.4. The van der Waals surface area contributed by atoms with E-state index >= 15 is 0 Å². The molecule has 0 radical (unpaired) electrons. The van der Waals surface area contributed by atoms with E-state index in [0.29, 0.717) is 19.6 Å². The fourth-order valence-electron chi connectivity index (χ4n) is 2.53. The van der Waals surface area contributed by atoms with Gasteiger partial charge in [0.1, 0.15) is 5.75 Å². The summed E-state index contributed by atoms with van der Waals surface area (Å²) in [5.74, 6) is 0.813. The summed E-state index contributed by atoms with van der Waals surface area (Å²) in [6, 6.07) is 15.6. The first kappa shape index (κ1) is 17.2. The molecule has 0 spiro atoms. The molecule has 0 unspecified atom stereocenters. The van der Waals surface area contributed by atoms with E-state index in [9.17, 15) is 4.79 Å². The van der Waals surface area contributed by atoms with Crippen molar-refractivity contribution in [1.29, 1.82) is 0 Å². The van der Waals surface area contributed by atoms with Gasteiger partial charge in [0.25, 0.3) is 0 Å². The van der Waals surface area contributed by atoms with Crippen molar-refractivity contribution >= 4 is 17.2 Å². The summed E-state index contributed by atoms with van der Waals surface area (Å²) in [5.41, 5.74) is 2.91. The summed E-state index contributed by atoms with van der Waals surface area (Å²) < 4.78 is 5.41. The Morgan fingerprint density at radius 1 is 1.16 bits per heavy atom. The van der Waals surface area contributed by atoms with Gasteiger partial charge in [0.2, 0.25) is 5.91 Å². The maximum atomic E-state index is 12.2. The fourth-order valence-corrected chi connectivity index (χ4v) is 3.28. The molecule has 1 aromatic carbocycles. The first-order valence-corrected chi connectivity index (χ1v) is 9.10. The Morgan fingerprint density at radius 3 is 2.72 bits per heavy atom. The number of benzene rings is 1. The molecule has 0 aliphatic rings. The number of pyridine rings is 1. The van der Waals surface area contributed by atoms with E-state index < -0.39 is 0 Å². The van der Waals surface area contributed by atoms with Crippen molar-refractivity contribution < 1.29 is 9.53 Å². The van der Waals surface area contributed by atoms with Gasteiger partial charge in [-0.05, 0) is 47.7 Å². The number of amides is 1. The van der Waals surface area contributed by atoms with Crippen LogP contribution < -0.4 is 10.1 Å². The minimum absolute atomic E-state index is 0.00913. The van der Waals surface area contributed by atoms with Crippen LogP contribution in [0.3, 0.4) is 0 Å². The van der Waals surface area contributed by atoms with Gasteiger partial charge >= 0.3 is 0 Å². The standard InChI is InChI=1S/C20H20N2O2S/c1-2-24-17-9-7-15(8-10-17)13-19(23)22-14-16-5-3-11-21-20(16)18-6-4-12-25-18/h3-12H,2,13-14H2,1H3,(H,22,23). The van der Waals surface area contributed by atoms with Gasteiger partial charge in [0.05, 0.1) is 23.6 Å². The van der Waals surface area contributed by atoms with Gasteiger partial charge in [-0.25, -0.2) is 0 Å². The van der Waals surface area contributed by atoms with Crippen LogP contribution in [-0.2, 0) is 17.8 Å². The molecular formula is C20H20N2O2S. The van der Waals surface area contributed by atoms with Crippen molar-refractivity contribution in [3.05, 3.63) is 71.2 Å². The highest BCUT2D eigenvalue weighted by Crippen LogP contribution is 2.25. The molecule has 2 aromatic heterocycles. The second kappa shape index (κ2) is 8.44. The number of ether oxygens (including phenoxy) is 1. The Morgan fingerprint density at radius 2 is 2.00 bits per heavy atom. The van der Waals surface area contributed by atoms with Crippen molar-refractivity contribution in [1.82, 2.24) is 10.3 Å². The molecule has 0 aliphatic carbocycles. The zero-order valence-corrected chi connectivity index (χ0v) is 14.9. The zero-order chi connectivity index (χ0) is 17.5. The number of rotatable bonds is 7. The molecule has 0 saturated carbocycles. The van der Waals surface area contributed by atoms with Crippen LogP contribution in [0.4, 0.5) is 0 Å². The highest BCUT2D eigenvalue weighted by molar-refractivity contribution is 7.13. The predicted octanol–water partition coefficient (Wildman–Crippen LogP) is 4.07. The molecule has 1 amide bonds. The number of nitrogens with one attached hydrogen (secondary N) is 1. The summed E-state index contributed by atoms with van der Waals surface area (Å²) in [6.07, 6.45) is 2.13. The highest BCUT2D eigenvalue weighted by Gasteiger charge is 2.09. The lowest BCUT2D eigenvalue weighted by molar-refractivity contribution is -0.120. The average molecular weight is 352 g/mol. The van der Waals surface area contributed by atoms with Crippen molar-refractivity contribution in [3.8, 4) is 16.3 Å². The Hall–Kier alpha value is -2.66. The first-order valence-electron chi connectivity index (χ1n) is 8.22. The summed E-state index contributed by atoms with van der Waals surface area (Å²) >= 11 is 1.65. The third kappa shape index (κ3) is 4.67. The molecule has 2 heterocycles. The Balaban J connectivity index is 1.59. The maximum Gasteiger partial charge on any atom is 0.224 e. The molecule has 4 nitrogen and oxygen atoms in total. The van der Waals surface area contributed by atoms with E-state index in [1.165, 1.54) is 0 Å². The minimum atomic E-state index is -0.00913. The lowest BCUT2D eigenvalue weighted by atomic mass is 10.1. The first-order chi connectivity index (χ1) is 12.3. The van der Waals surface area contributed by atoms with Crippen LogP contribution in [-0.4, -0.2) is 17.5 Å². The average Bonchev–Trinajstić information content (AvgIpc) is 3.17. The molecule has 128 valence electrons. The van der Waals surface area contributed by atoms with Crippen LogP contribution in [0.5, 0.6) is 5.75 Å². The number of thiophene rings is 1. The Bertz CT molecular complexity index is 814. The van der Waals surface area contributed by atoms with Gasteiger partial charge in [0, 0.05) is 12.7 Å². The van der Waals surface area contributed by atoms with Crippen LogP contribution >= 0.6 is 11.3 Å². The molecule has 0 atom stereocenters. The van der Waals surface area contributed by atoms with E-state index in [1.54, 1.807) is 17.5 Å². The number of hydrogen-bond acceptors (Lipinski definition) is 4. The van der Waals surface area contributed by atoms with Crippen molar-refractivity contribution in [2.45, 2.75) is 19.9 Å². The number of hydrogen-bond donors (Lipinski definition) is 1. The SMILES string of the molecule is CCOc1ccc(CC(=O)NCc2cccnc2-c2cccs2)cc1. The van der Waals surface area contributed by atoms with Crippen LogP contribution in [0.1, 0.15) is 18.1 Å². The van der Waals surface area contributed by atoms with Gasteiger partial charge in [-0.1, -0.05) is 24.3 Å². The number of carbonyl (C=O) groups excluding carboxylic acids is 1. The van der Waals surface area contributed by atoms with E-state index in [2.05, 4.69) is 10.3 Å². The maximum absolute atomic E-state index is 12.2. The molecule has 0 saturated heterocycles.